The summed E-state index contributed by atoms with van der Waals surface area (Å²) in [6, 6.07) is 0. The van der Waals surface area contributed by atoms with E-state index in [2.05, 4.69) is 10.6 Å². The molecule has 0 aromatic carbocycles. The fraction of sp³-hybridized carbons (Fsp3) is 1.00. The molecule has 0 spiro atoms. The van der Waals surface area contributed by atoms with E-state index in [0.717, 1.165) is 13.1 Å². The monoisotopic (exact) mass is 118 g/mol. The average Bonchev–Trinajstić information content (AvgIpc) is 1.66. The molecule has 0 heterocycles. The fourth-order valence-electron chi connectivity index (χ4n) is 0.406. The summed E-state index contributed by atoms with van der Waals surface area (Å²) in [7, 11) is 1.88. The minimum Gasteiger partial charge on any atom is -0.379 e. The summed E-state index contributed by atoms with van der Waals surface area (Å²) in [4.78, 5) is 0. The maximum Gasteiger partial charge on any atom is 0.102 e. The van der Waals surface area contributed by atoms with Crippen LogP contribution in [0.25, 0.3) is 0 Å². The third-order valence-electron chi connectivity index (χ3n) is 0.815. The number of nitrogens with one attached hydrogen (secondary N) is 2. The molecule has 3 heteroatoms. The molecule has 0 aromatic heterocycles. The van der Waals surface area contributed by atoms with Crippen LogP contribution < -0.4 is 10.6 Å². The molecule has 0 aliphatic heterocycles. The fourth-order valence-corrected chi connectivity index (χ4v) is 0.406. The maximum atomic E-state index is 8.64. The Balaban J connectivity index is 2.72. The summed E-state index contributed by atoms with van der Waals surface area (Å²) in [5.41, 5.74) is 0. The van der Waals surface area contributed by atoms with Gasteiger partial charge in [-0.15, -0.1) is 0 Å². The molecule has 3 nitrogen and oxygen atoms in total. The van der Waals surface area contributed by atoms with Crippen LogP contribution in [0.2, 0.25) is 0 Å². The lowest BCUT2D eigenvalue weighted by Crippen LogP contribution is -2.31. The number of aliphatic hydroxyl groups excluding tert-OH is 1. The molecule has 0 amide bonds. The predicted octanol–water partition coefficient (Wildman–Crippen LogP) is -0.866. The van der Waals surface area contributed by atoms with Crippen molar-refractivity contribution in [3.05, 3.63) is 0 Å². The predicted molar refractivity (Wildman–Crippen MR) is 33.6 cm³/mol. The molecule has 0 aliphatic rings. The minimum atomic E-state index is -0.386. The third-order valence-corrected chi connectivity index (χ3v) is 0.815. The van der Waals surface area contributed by atoms with Gasteiger partial charge in [0.1, 0.15) is 6.23 Å². The molecule has 0 saturated carbocycles. The van der Waals surface area contributed by atoms with E-state index >= 15 is 0 Å². The summed E-state index contributed by atoms with van der Waals surface area (Å²) >= 11 is 0. The second-order valence-electron chi connectivity index (χ2n) is 1.73. The Morgan fingerprint density at radius 2 is 2.12 bits per heavy atom. The van der Waals surface area contributed by atoms with E-state index in [1.807, 2.05) is 7.05 Å². The van der Waals surface area contributed by atoms with Crippen molar-refractivity contribution in [1.29, 1.82) is 0 Å². The van der Waals surface area contributed by atoms with Crippen molar-refractivity contribution in [2.45, 2.75) is 13.2 Å². The zero-order valence-electron chi connectivity index (χ0n) is 5.44. The van der Waals surface area contributed by atoms with Gasteiger partial charge in [0.2, 0.25) is 0 Å². The van der Waals surface area contributed by atoms with Crippen molar-refractivity contribution in [2.75, 3.05) is 20.1 Å². The Morgan fingerprint density at radius 3 is 2.50 bits per heavy atom. The highest BCUT2D eigenvalue weighted by molar-refractivity contribution is 4.46. The van der Waals surface area contributed by atoms with Gasteiger partial charge in [0.05, 0.1) is 0 Å². The Bertz CT molecular complexity index is 47.7. The van der Waals surface area contributed by atoms with Gasteiger partial charge in [0.25, 0.3) is 0 Å². The topological polar surface area (TPSA) is 44.3 Å². The Kier molecular flexibility index (Phi) is 4.95. The molecule has 0 rings (SSSR count). The molecule has 8 heavy (non-hydrogen) atoms. The molecule has 0 fully saturated rings. The van der Waals surface area contributed by atoms with Crippen LogP contribution in [0.3, 0.4) is 0 Å². The molecule has 50 valence electrons. The lowest BCUT2D eigenvalue weighted by atomic mass is 10.5. The normalized spacial score (nSPS) is 13.9. The van der Waals surface area contributed by atoms with Crippen LogP contribution in [-0.4, -0.2) is 31.5 Å². The highest BCUT2D eigenvalue weighted by Crippen LogP contribution is 1.66. The lowest BCUT2D eigenvalue weighted by molar-refractivity contribution is 0.157. The first-order chi connectivity index (χ1) is 3.77. The van der Waals surface area contributed by atoms with E-state index in [0.29, 0.717) is 0 Å². The van der Waals surface area contributed by atoms with Crippen LogP contribution in [0.15, 0.2) is 0 Å². The van der Waals surface area contributed by atoms with Crippen molar-refractivity contribution in [3.63, 3.8) is 0 Å². The van der Waals surface area contributed by atoms with E-state index in [1.165, 1.54) is 0 Å². The van der Waals surface area contributed by atoms with Crippen LogP contribution in [0, 0.1) is 0 Å². The Labute approximate surface area is 50.1 Å². The van der Waals surface area contributed by atoms with Crippen LogP contribution in [0.1, 0.15) is 6.92 Å². The highest BCUT2D eigenvalue weighted by atomic mass is 16.3. The Morgan fingerprint density at radius 1 is 1.50 bits per heavy atom. The molecule has 0 radical (unpaired) electrons. The molecule has 0 bridgehead atoms. The molecule has 0 aliphatic carbocycles. The van der Waals surface area contributed by atoms with Crippen molar-refractivity contribution in [3.8, 4) is 0 Å². The van der Waals surface area contributed by atoms with Gasteiger partial charge in [-0.25, -0.2) is 0 Å². The number of hydrogen-bond acceptors (Lipinski definition) is 3. The third kappa shape index (κ3) is 5.88. The van der Waals surface area contributed by atoms with E-state index in [-0.39, 0.29) is 6.23 Å². The zero-order chi connectivity index (χ0) is 6.41. The molecule has 1 atom stereocenters. The van der Waals surface area contributed by atoms with Crippen molar-refractivity contribution >= 4 is 0 Å². The zero-order valence-corrected chi connectivity index (χ0v) is 5.44. The highest BCUT2D eigenvalue weighted by Gasteiger charge is 1.88. The molecule has 0 saturated heterocycles. The van der Waals surface area contributed by atoms with Gasteiger partial charge in [0, 0.05) is 13.1 Å². The first-order valence-electron chi connectivity index (χ1n) is 2.83. The van der Waals surface area contributed by atoms with Gasteiger partial charge in [-0.1, -0.05) is 0 Å². The summed E-state index contributed by atoms with van der Waals surface area (Å²) in [5.74, 6) is 0. The standard InChI is InChI=1S/C5H14N2O/c1-5(8)7-4-3-6-2/h5-8H,3-4H2,1-2H3. The van der Waals surface area contributed by atoms with E-state index in [4.69, 9.17) is 5.11 Å². The van der Waals surface area contributed by atoms with E-state index < -0.39 is 0 Å². The van der Waals surface area contributed by atoms with Gasteiger partial charge < -0.3 is 10.4 Å². The second kappa shape index (κ2) is 5.03. The van der Waals surface area contributed by atoms with Crippen molar-refractivity contribution in [2.24, 2.45) is 0 Å². The first kappa shape index (κ1) is 7.88. The smallest absolute Gasteiger partial charge is 0.102 e. The largest absolute Gasteiger partial charge is 0.379 e. The van der Waals surface area contributed by atoms with Gasteiger partial charge in [-0.3, -0.25) is 5.32 Å². The number of likely N-dealkylation sites (N-methyl/N-ethyl adjacent to an activating group) is 1. The quantitative estimate of drug-likeness (QED) is 0.332. The molecule has 1 unspecified atom stereocenters. The lowest BCUT2D eigenvalue weighted by Gasteiger charge is -2.04. The van der Waals surface area contributed by atoms with Gasteiger partial charge >= 0.3 is 0 Å². The molecular weight excluding hydrogens is 104 g/mol. The average molecular weight is 118 g/mol. The summed E-state index contributed by atoms with van der Waals surface area (Å²) in [5, 5.41) is 14.4. The van der Waals surface area contributed by atoms with Crippen LogP contribution in [-0.2, 0) is 0 Å². The number of rotatable bonds is 4. The minimum absolute atomic E-state index is 0.386. The molecule has 3 N–H and O–H groups in total. The molecule has 0 aromatic rings. The maximum absolute atomic E-state index is 8.64. The van der Waals surface area contributed by atoms with Gasteiger partial charge in [-0.05, 0) is 14.0 Å². The van der Waals surface area contributed by atoms with Crippen molar-refractivity contribution < 1.29 is 5.11 Å². The van der Waals surface area contributed by atoms with Crippen molar-refractivity contribution in [1.82, 2.24) is 10.6 Å². The van der Waals surface area contributed by atoms with Crippen LogP contribution >= 0.6 is 0 Å². The van der Waals surface area contributed by atoms with Crippen LogP contribution in [0.4, 0.5) is 0 Å². The molecular formula is C5H14N2O. The van der Waals surface area contributed by atoms with E-state index in [1.54, 1.807) is 6.92 Å². The van der Waals surface area contributed by atoms with E-state index in [9.17, 15) is 0 Å². The summed E-state index contributed by atoms with van der Waals surface area (Å²) in [6.07, 6.45) is -0.386. The van der Waals surface area contributed by atoms with Gasteiger partial charge in [0.15, 0.2) is 0 Å². The Hall–Kier alpha value is -0.120. The number of hydrogen-bond donors (Lipinski definition) is 3. The SMILES string of the molecule is CNCCNC(C)O. The van der Waals surface area contributed by atoms with Gasteiger partial charge in [-0.2, -0.15) is 0 Å². The second-order valence-corrected chi connectivity index (χ2v) is 1.73. The summed E-state index contributed by atoms with van der Waals surface area (Å²) in [6.45, 7) is 3.41. The first-order valence-corrected chi connectivity index (χ1v) is 2.83. The summed E-state index contributed by atoms with van der Waals surface area (Å²) < 4.78 is 0. The van der Waals surface area contributed by atoms with Crippen LogP contribution in [0.5, 0.6) is 0 Å². The number of aliphatic hydroxyl groups is 1.